The molecule has 3 heterocycles. The summed E-state index contributed by atoms with van der Waals surface area (Å²) in [6.45, 7) is 1.27. The van der Waals surface area contributed by atoms with E-state index in [1.54, 1.807) is 74.0 Å². The molecule has 8 heteroatoms. The van der Waals surface area contributed by atoms with E-state index < -0.39 is 17.7 Å². The molecule has 0 spiro atoms. The minimum absolute atomic E-state index is 0.0150. The van der Waals surface area contributed by atoms with Crippen molar-refractivity contribution in [1.29, 1.82) is 0 Å². The number of aliphatic hydroxyl groups is 1. The molecule has 1 N–H and O–H groups in total. The number of amides is 1. The number of Topliss-reactive ketones (excluding diaryl/α,β-unsaturated/α-hetero) is 1. The molecule has 2 aromatic carbocycles. The smallest absolute Gasteiger partial charge is 0.300 e. The Morgan fingerprint density at radius 1 is 1.12 bits per heavy atom. The summed E-state index contributed by atoms with van der Waals surface area (Å²) < 4.78 is 10.9. The van der Waals surface area contributed by atoms with Crippen LogP contribution in [-0.4, -0.2) is 49.1 Å². The summed E-state index contributed by atoms with van der Waals surface area (Å²) >= 11 is 0. The van der Waals surface area contributed by atoms with Gasteiger partial charge >= 0.3 is 0 Å². The topological polar surface area (TPSA) is 92.2 Å². The molecule has 5 rings (SSSR count). The number of aromatic nitrogens is 1. The van der Waals surface area contributed by atoms with Crippen molar-refractivity contribution in [2.45, 2.75) is 6.04 Å². The fourth-order valence-corrected chi connectivity index (χ4v) is 4.31. The van der Waals surface area contributed by atoms with Crippen LogP contribution in [0.2, 0.25) is 0 Å². The second-order valence-electron chi connectivity index (χ2n) is 8.07. The van der Waals surface area contributed by atoms with Crippen LogP contribution >= 0.6 is 0 Å². The van der Waals surface area contributed by atoms with Crippen LogP contribution in [0.5, 0.6) is 11.5 Å². The summed E-state index contributed by atoms with van der Waals surface area (Å²) in [6.07, 6.45) is 1.59. The minimum Gasteiger partial charge on any atom is -0.507 e. The van der Waals surface area contributed by atoms with Crippen LogP contribution in [0.25, 0.3) is 5.76 Å². The lowest BCUT2D eigenvalue weighted by molar-refractivity contribution is -0.132. The molecule has 3 aromatic rings. The van der Waals surface area contributed by atoms with Crippen molar-refractivity contribution < 1.29 is 24.2 Å². The zero-order chi connectivity index (χ0) is 23.8. The highest BCUT2D eigenvalue weighted by atomic mass is 16.5. The number of pyridine rings is 1. The lowest BCUT2D eigenvalue weighted by atomic mass is 9.97. The Morgan fingerprint density at radius 3 is 2.62 bits per heavy atom. The molecule has 1 saturated heterocycles. The van der Waals surface area contributed by atoms with Gasteiger partial charge in [0, 0.05) is 24.5 Å². The van der Waals surface area contributed by atoms with Crippen molar-refractivity contribution in [2.24, 2.45) is 0 Å². The normalized spacial score (nSPS) is 19.1. The third kappa shape index (κ3) is 3.53. The van der Waals surface area contributed by atoms with Crippen molar-refractivity contribution in [3.05, 3.63) is 83.7 Å². The molecular weight excluding hydrogens is 434 g/mol. The van der Waals surface area contributed by atoms with Crippen LogP contribution in [0.3, 0.4) is 0 Å². The molecule has 172 valence electrons. The first-order chi connectivity index (χ1) is 16.5. The number of carbonyl (C=O) groups excluding carboxylic acids is 2. The monoisotopic (exact) mass is 457 g/mol. The summed E-state index contributed by atoms with van der Waals surface area (Å²) in [6, 6.07) is 16.4. The highest BCUT2D eigenvalue weighted by Gasteiger charge is 2.47. The van der Waals surface area contributed by atoms with Gasteiger partial charge in [-0.1, -0.05) is 6.07 Å². The molecule has 8 nitrogen and oxygen atoms in total. The number of ether oxygens (including phenoxy) is 2. The molecule has 2 aliphatic rings. The number of hydrogen-bond acceptors (Lipinski definition) is 7. The van der Waals surface area contributed by atoms with Gasteiger partial charge in [0.25, 0.3) is 11.7 Å². The first kappa shape index (κ1) is 21.5. The van der Waals surface area contributed by atoms with E-state index in [0.29, 0.717) is 41.6 Å². The lowest BCUT2D eigenvalue weighted by Crippen LogP contribution is -2.29. The van der Waals surface area contributed by atoms with E-state index in [-0.39, 0.29) is 11.3 Å². The van der Waals surface area contributed by atoms with Gasteiger partial charge in [0.1, 0.15) is 29.9 Å². The third-order valence-corrected chi connectivity index (χ3v) is 6.09. The highest BCUT2D eigenvalue weighted by Crippen LogP contribution is 2.42. The standard InChI is InChI=1S/C26H23N3O5/c1-28-13-14-34-21-11-6-16(15-20(21)28)24(30)22-23(19-5-3-4-12-27-19)29(26(32)25(22)31)17-7-9-18(33-2)10-8-17/h3-12,15,23,30H,13-14H2,1-2H3/b24-22-. The number of aliphatic hydroxyl groups excluding tert-OH is 1. The number of anilines is 2. The summed E-state index contributed by atoms with van der Waals surface area (Å²) in [5.41, 5.74) is 2.17. The fourth-order valence-electron chi connectivity index (χ4n) is 4.31. The van der Waals surface area contributed by atoms with E-state index in [2.05, 4.69) is 4.98 Å². The van der Waals surface area contributed by atoms with Gasteiger partial charge in [-0.05, 0) is 54.6 Å². The van der Waals surface area contributed by atoms with Crippen LogP contribution in [0, 0.1) is 0 Å². The van der Waals surface area contributed by atoms with Crippen LogP contribution in [0.1, 0.15) is 17.3 Å². The maximum atomic E-state index is 13.3. The molecular formula is C26H23N3O5. The van der Waals surface area contributed by atoms with Crippen LogP contribution in [-0.2, 0) is 9.59 Å². The van der Waals surface area contributed by atoms with Crippen molar-refractivity contribution in [3.8, 4) is 11.5 Å². The molecule has 1 unspecified atom stereocenters. The van der Waals surface area contributed by atoms with Crippen molar-refractivity contribution in [3.63, 3.8) is 0 Å². The van der Waals surface area contributed by atoms with Gasteiger partial charge in [-0.3, -0.25) is 19.5 Å². The van der Waals surface area contributed by atoms with Gasteiger partial charge in [-0.25, -0.2) is 0 Å². The van der Waals surface area contributed by atoms with Gasteiger partial charge in [0.2, 0.25) is 0 Å². The quantitative estimate of drug-likeness (QED) is 0.364. The number of hydrogen-bond donors (Lipinski definition) is 1. The Hall–Kier alpha value is -4.33. The largest absolute Gasteiger partial charge is 0.507 e. The predicted octanol–water partition coefficient (Wildman–Crippen LogP) is 3.55. The van der Waals surface area contributed by atoms with E-state index in [1.165, 1.54) is 4.90 Å². The van der Waals surface area contributed by atoms with Crippen LogP contribution in [0.4, 0.5) is 11.4 Å². The SMILES string of the molecule is COc1ccc(N2C(=O)C(=O)/C(=C(\O)c3ccc4c(c3)N(C)CCO4)C2c2ccccn2)cc1. The molecule has 0 bridgehead atoms. The maximum Gasteiger partial charge on any atom is 0.300 e. The minimum atomic E-state index is -0.889. The summed E-state index contributed by atoms with van der Waals surface area (Å²) in [5.74, 6) is -0.445. The Bertz CT molecular complexity index is 1290. The average Bonchev–Trinajstić information content (AvgIpc) is 3.14. The number of rotatable bonds is 4. The average molecular weight is 457 g/mol. The number of methoxy groups -OCH3 is 1. The second-order valence-corrected chi connectivity index (χ2v) is 8.07. The van der Waals surface area contributed by atoms with E-state index >= 15 is 0 Å². The Balaban J connectivity index is 1.67. The predicted molar refractivity (Wildman–Crippen MR) is 127 cm³/mol. The number of likely N-dealkylation sites (N-methyl/N-ethyl adjacent to an activating group) is 1. The number of carbonyl (C=O) groups is 2. The lowest BCUT2D eigenvalue weighted by Gasteiger charge is -2.28. The first-order valence-electron chi connectivity index (χ1n) is 10.8. The van der Waals surface area contributed by atoms with Crippen molar-refractivity contribution in [1.82, 2.24) is 4.98 Å². The van der Waals surface area contributed by atoms with Crippen molar-refractivity contribution in [2.75, 3.05) is 37.1 Å². The van der Waals surface area contributed by atoms with E-state index in [1.807, 2.05) is 11.9 Å². The number of fused-ring (bicyclic) bond motifs is 1. The third-order valence-electron chi connectivity index (χ3n) is 6.09. The molecule has 0 radical (unpaired) electrons. The summed E-state index contributed by atoms with van der Waals surface area (Å²) in [5, 5.41) is 11.3. The zero-order valence-electron chi connectivity index (χ0n) is 18.8. The van der Waals surface area contributed by atoms with Gasteiger partial charge in [0.05, 0.1) is 30.6 Å². The zero-order valence-corrected chi connectivity index (χ0v) is 18.8. The number of ketones is 1. The second kappa shape index (κ2) is 8.55. The molecule has 2 aliphatic heterocycles. The van der Waals surface area contributed by atoms with Gasteiger partial charge in [-0.2, -0.15) is 0 Å². The summed E-state index contributed by atoms with van der Waals surface area (Å²) in [4.78, 5) is 34.3. The molecule has 0 saturated carbocycles. The first-order valence-corrected chi connectivity index (χ1v) is 10.8. The van der Waals surface area contributed by atoms with Crippen LogP contribution < -0.4 is 19.3 Å². The highest BCUT2D eigenvalue weighted by molar-refractivity contribution is 6.51. The Morgan fingerprint density at radius 2 is 1.91 bits per heavy atom. The fraction of sp³-hybridized carbons (Fsp3) is 0.192. The Kier molecular flexibility index (Phi) is 5.41. The van der Waals surface area contributed by atoms with Gasteiger partial charge in [0.15, 0.2) is 0 Å². The molecule has 1 aromatic heterocycles. The van der Waals surface area contributed by atoms with E-state index in [9.17, 15) is 14.7 Å². The molecule has 1 amide bonds. The van der Waals surface area contributed by atoms with Crippen molar-refractivity contribution >= 4 is 28.8 Å². The molecule has 1 atom stereocenters. The van der Waals surface area contributed by atoms with Gasteiger partial charge < -0.3 is 19.5 Å². The summed E-state index contributed by atoms with van der Waals surface area (Å²) in [7, 11) is 3.48. The van der Waals surface area contributed by atoms with Gasteiger partial charge in [-0.15, -0.1) is 0 Å². The van der Waals surface area contributed by atoms with E-state index in [4.69, 9.17) is 9.47 Å². The van der Waals surface area contributed by atoms with E-state index in [0.717, 1.165) is 5.69 Å². The molecule has 34 heavy (non-hydrogen) atoms. The molecule has 0 aliphatic carbocycles. The Labute approximate surface area is 196 Å². The number of nitrogens with zero attached hydrogens (tertiary/aromatic N) is 3. The molecule has 1 fully saturated rings. The number of benzene rings is 2. The maximum absolute atomic E-state index is 13.3. The van der Waals surface area contributed by atoms with Crippen LogP contribution in [0.15, 0.2) is 72.4 Å².